The average molecular weight is 380 g/mol. The highest BCUT2D eigenvalue weighted by molar-refractivity contribution is 5.91. The minimum Gasteiger partial charge on any atom is -0.493 e. The monoisotopic (exact) mass is 380 g/mol. The predicted octanol–water partition coefficient (Wildman–Crippen LogP) is 2.68. The molecule has 0 bridgehead atoms. The lowest BCUT2D eigenvalue weighted by molar-refractivity contribution is -0.117. The summed E-state index contributed by atoms with van der Waals surface area (Å²) in [5.74, 6) is 2.50. The summed E-state index contributed by atoms with van der Waals surface area (Å²) in [5.41, 5.74) is 0.972. The number of fused-ring (bicyclic) bond motifs is 1. The van der Waals surface area contributed by atoms with E-state index in [9.17, 15) is 4.79 Å². The molecule has 2 aromatic carbocycles. The van der Waals surface area contributed by atoms with Crippen LogP contribution < -0.4 is 19.5 Å². The molecule has 0 fully saturated rings. The van der Waals surface area contributed by atoms with Crippen LogP contribution >= 0.6 is 0 Å². The molecule has 0 aliphatic carbocycles. The Morgan fingerprint density at radius 2 is 1.82 bits per heavy atom. The van der Waals surface area contributed by atoms with E-state index in [1.165, 1.54) is 6.33 Å². The molecule has 0 unspecified atom stereocenters. The van der Waals surface area contributed by atoms with E-state index in [2.05, 4.69) is 15.4 Å². The van der Waals surface area contributed by atoms with E-state index in [-0.39, 0.29) is 11.9 Å². The Morgan fingerprint density at radius 3 is 2.61 bits per heavy atom. The van der Waals surface area contributed by atoms with Crippen LogP contribution in [0, 0.1) is 0 Å². The Labute approximate surface area is 162 Å². The molecular weight excluding hydrogens is 360 g/mol. The number of rotatable bonds is 7. The Balaban J connectivity index is 1.34. The first-order valence-electron chi connectivity index (χ1n) is 8.92. The van der Waals surface area contributed by atoms with E-state index in [4.69, 9.17) is 14.2 Å². The Bertz CT molecular complexity index is 955. The molecule has 0 saturated carbocycles. The topological polar surface area (TPSA) is 87.5 Å². The molecule has 1 aliphatic heterocycles. The number of nitrogens with zero attached hydrogens (tertiary/aromatic N) is 3. The molecule has 0 spiro atoms. The normalized spacial score (nSPS) is 15.5. The third-order valence-electron chi connectivity index (χ3n) is 4.44. The first-order valence-corrected chi connectivity index (χ1v) is 8.92. The van der Waals surface area contributed by atoms with Gasteiger partial charge in [-0.05, 0) is 29.8 Å². The zero-order chi connectivity index (χ0) is 19.3. The van der Waals surface area contributed by atoms with Crippen LogP contribution in [0.3, 0.4) is 0 Å². The fourth-order valence-corrected chi connectivity index (χ4v) is 3.10. The van der Waals surface area contributed by atoms with Gasteiger partial charge in [-0.2, -0.15) is 10.1 Å². The number of hydrogen-bond acceptors (Lipinski definition) is 6. The van der Waals surface area contributed by atoms with E-state index in [0.717, 1.165) is 11.3 Å². The van der Waals surface area contributed by atoms with Crippen LogP contribution in [0.5, 0.6) is 17.2 Å². The number of hydrogen-bond donors (Lipinski definition) is 1. The van der Waals surface area contributed by atoms with Gasteiger partial charge in [0.05, 0.1) is 19.6 Å². The molecule has 2 heterocycles. The maximum atomic E-state index is 11.9. The molecule has 0 saturated heterocycles. The summed E-state index contributed by atoms with van der Waals surface area (Å²) in [5, 5.41) is 6.92. The second-order valence-electron chi connectivity index (χ2n) is 6.21. The van der Waals surface area contributed by atoms with Crippen LogP contribution in [-0.4, -0.2) is 41.0 Å². The molecule has 1 amide bonds. The van der Waals surface area contributed by atoms with Crippen LogP contribution in [0.1, 0.15) is 18.0 Å². The van der Waals surface area contributed by atoms with Gasteiger partial charge < -0.3 is 14.2 Å². The van der Waals surface area contributed by atoms with E-state index in [1.54, 1.807) is 11.8 Å². The van der Waals surface area contributed by atoms with Crippen LogP contribution in [-0.2, 0) is 4.79 Å². The van der Waals surface area contributed by atoms with E-state index in [1.807, 2.05) is 48.5 Å². The Hall–Kier alpha value is -3.55. The molecule has 1 N–H and O–H groups in total. The van der Waals surface area contributed by atoms with Crippen LogP contribution in [0.4, 0.5) is 5.95 Å². The van der Waals surface area contributed by atoms with Gasteiger partial charge in [0, 0.05) is 0 Å². The molecule has 1 atom stereocenters. The summed E-state index contributed by atoms with van der Waals surface area (Å²) in [6.07, 6.45) is 1.76. The average Bonchev–Trinajstić information content (AvgIpc) is 3.20. The molecule has 8 heteroatoms. The van der Waals surface area contributed by atoms with Crippen molar-refractivity contribution < 1.29 is 19.0 Å². The lowest BCUT2D eigenvalue weighted by Gasteiger charge is -2.23. The van der Waals surface area contributed by atoms with Crippen LogP contribution in [0.25, 0.3) is 0 Å². The molecule has 0 radical (unpaired) electrons. The predicted molar refractivity (Wildman–Crippen MR) is 102 cm³/mol. The van der Waals surface area contributed by atoms with Gasteiger partial charge in [-0.3, -0.25) is 10.1 Å². The van der Waals surface area contributed by atoms with Gasteiger partial charge in [-0.25, -0.2) is 4.68 Å². The molecule has 28 heavy (non-hydrogen) atoms. The van der Waals surface area contributed by atoms with E-state index in [0.29, 0.717) is 37.1 Å². The fourth-order valence-electron chi connectivity index (χ4n) is 3.10. The Kier molecular flexibility index (Phi) is 5.09. The maximum absolute atomic E-state index is 11.9. The van der Waals surface area contributed by atoms with Crippen molar-refractivity contribution in [2.75, 3.05) is 25.6 Å². The van der Waals surface area contributed by atoms with E-state index >= 15 is 0 Å². The van der Waals surface area contributed by atoms with Gasteiger partial charge in [-0.15, -0.1) is 0 Å². The number of carbonyl (C=O) groups excluding carboxylic acids is 1. The second-order valence-corrected chi connectivity index (χ2v) is 6.21. The van der Waals surface area contributed by atoms with Crippen molar-refractivity contribution >= 4 is 11.9 Å². The summed E-state index contributed by atoms with van der Waals surface area (Å²) in [6.45, 7) is 0.795. The standard InChI is InChI=1S/C20H20N4O4/c1-26-17-4-2-3-5-18(17)28-11-10-27-15-8-6-14(7-9-15)16-12-19(25)23-20-21-13-22-24(16)20/h2-9,13,16H,10-12H2,1H3,(H,21,22,23,25)/t16-/m0/s1. The number of carbonyl (C=O) groups is 1. The van der Waals surface area contributed by atoms with Crippen LogP contribution in [0.15, 0.2) is 54.9 Å². The number of amides is 1. The largest absolute Gasteiger partial charge is 0.493 e. The van der Waals surface area contributed by atoms with Crippen molar-refractivity contribution in [2.45, 2.75) is 12.5 Å². The third kappa shape index (κ3) is 3.75. The molecular formula is C20H20N4O4. The Morgan fingerprint density at radius 1 is 1.07 bits per heavy atom. The highest BCUT2D eigenvalue weighted by Gasteiger charge is 2.27. The zero-order valence-electron chi connectivity index (χ0n) is 15.4. The fraction of sp³-hybridized carbons (Fsp3) is 0.250. The molecule has 144 valence electrons. The summed E-state index contributed by atoms with van der Waals surface area (Å²) in [4.78, 5) is 15.9. The number of ether oxygens (including phenoxy) is 3. The summed E-state index contributed by atoms with van der Waals surface area (Å²) in [7, 11) is 1.61. The van der Waals surface area contributed by atoms with Crippen molar-refractivity contribution in [1.82, 2.24) is 14.8 Å². The minimum atomic E-state index is -0.172. The number of methoxy groups -OCH3 is 1. The smallest absolute Gasteiger partial charge is 0.229 e. The van der Waals surface area contributed by atoms with Crippen molar-refractivity contribution in [3.05, 3.63) is 60.4 Å². The highest BCUT2D eigenvalue weighted by atomic mass is 16.5. The lowest BCUT2D eigenvalue weighted by Crippen LogP contribution is -2.29. The number of benzene rings is 2. The minimum absolute atomic E-state index is 0.0701. The van der Waals surface area contributed by atoms with Crippen molar-refractivity contribution in [2.24, 2.45) is 0 Å². The van der Waals surface area contributed by atoms with Gasteiger partial charge in [0.1, 0.15) is 25.3 Å². The number of aromatic nitrogens is 3. The SMILES string of the molecule is COc1ccccc1OCCOc1ccc([C@@H]2CC(=O)Nc3ncnn32)cc1. The molecule has 3 aromatic rings. The zero-order valence-corrected chi connectivity index (χ0v) is 15.4. The number of anilines is 1. The molecule has 4 rings (SSSR count). The van der Waals surface area contributed by atoms with Gasteiger partial charge in [0.2, 0.25) is 11.9 Å². The second kappa shape index (κ2) is 7.99. The summed E-state index contributed by atoms with van der Waals surface area (Å²) < 4.78 is 18.4. The third-order valence-corrected chi connectivity index (χ3v) is 4.44. The van der Waals surface area contributed by atoms with Crippen molar-refractivity contribution in [1.29, 1.82) is 0 Å². The summed E-state index contributed by atoms with van der Waals surface area (Å²) in [6, 6.07) is 14.9. The van der Waals surface area contributed by atoms with E-state index < -0.39 is 0 Å². The van der Waals surface area contributed by atoms with Crippen LogP contribution in [0.2, 0.25) is 0 Å². The summed E-state index contributed by atoms with van der Waals surface area (Å²) >= 11 is 0. The first kappa shape index (κ1) is 17.8. The first-order chi connectivity index (χ1) is 13.7. The molecule has 1 aromatic heterocycles. The van der Waals surface area contributed by atoms with Gasteiger partial charge >= 0.3 is 0 Å². The maximum Gasteiger partial charge on any atom is 0.229 e. The number of nitrogens with one attached hydrogen (secondary N) is 1. The molecule has 1 aliphatic rings. The quantitative estimate of drug-likeness (QED) is 0.634. The lowest BCUT2D eigenvalue weighted by atomic mass is 10.0. The van der Waals surface area contributed by atoms with Gasteiger partial charge in [0.15, 0.2) is 11.5 Å². The van der Waals surface area contributed by atoms with Crippen molar-refractivity contribution in [3.63, 3.8) is 0 Å². The number of para-hydroxylation sites is 2. The van der Waals surface area contributed by atoms with Gasteiger partial charge in [-0.1, -0.05) is 24.3 Å². The van der Waals surface area contributed by atoms with Crippen molar-refractivity contribution in [3.8, 4) is 17.2 Å². The highest BCUT2D eigenvalue weighted by Crippen LogP contribution is 2.29. The molecule has 8 nitrogen and oxygen atoms in total. The van der Waals surface area contributed by atoms with Gasteiger partial charge in [0.25, 0.3) is 0 Å².